The first-order valence-corrected chi connectivity index (χ1v) is 8.65. The predicted molar refractivity (Wildman–Crippen MR) is 103 cm³/mol. The average molecular weight is 383 g/mol. The van der Waals surface area contributed by atoms with Gasteiger partial charge in [0.2, 0.25) is 0 Å². The van der Waals surface area contributed by atoms with Gasteiger partial charge < -0.3 is 15.4 Å². The molecule has 5 nitrogen and oxygen atoms in total. The number of nitrogens with zero attached hydrogens (tertiary/aromatic N) is 1. The molecular weight excluding hydrogens is 364 g/mol. The van der Waals surface area contributed by atoms with Crippen LogP contribution in [0.1, 0.15) is 15.9 Å². The maximum Gasteiger partial charge on any atom is 0.252 e. The molecule has 0 unspecified atom stereocenters. The number of para-hydroxylation sites is 1. The monoisotopic (exact) mass is 383 g/mol. The van der Waals surface area contributed by atoms with E-state index in [0.717, 1.165) is 23.4 Å². The molecule has 0 saturated heterocycles. The van der Waals surface area contributed by atoms with Gasteiger partial charge in [-0.3, -0.25) is 4.79 Å². The average Bonchev–Trinajstić information content (AvgIpc) is 2.71. The third kappa shape index (κ3) is 4.82. The molecule has 0 radical (unpaired) electrons. The first kappa shape index (κ1) is 19.3. The molecule has 0 aliphatic rings. The summed E-state index contributed by atoms with van der Waals surface area (Å²) >= 11 is 0. The third-order valence-electron chi connectivity index (χ3n) is 4.07. The molecule has 0 aliphatic heterocycles. The molecule has 7 heteroatoms. The van der Waals surface area contributed by atoms with Crippen molar-refractivity contribution in [1.29, 1.82) is 0 Å². The van der Waals surface area contributed by atoms with Crippen molar-refractivity contribution in [3.8, 4) is 5.75 Å². The molecule has 3 aromatic rings. The summed E-state index contributed by atoms with van der Waals surface area (Å²) < 4.78 is 32.5. The standard InChI is InChI=1S/C21H19F2N3O2/c1-28-16-5-2-4-14(12-16)10-11-24-21(27)15-8-9-19(25-13-15)26-20-17(22)6-3-7-18(20)23/h2-9,12-13H,10-11H2,1H3,(H,24,27)(H,25,26). The fourth-order valence-corrected chi connectivity index (χ4v) is 2.60. The largest absolute Gasteiger partial charge is 0.497 e. The zero-order valence-corrected chi connectivity index (χ0v) is 15.2. The van der Waals surface area contributed by atoms with Crippen LogP contribution in [0.4, 0.5) is 20.3 Å². The van der Waals surface area contributed by atoms with Crippen LogP contribution < -0.4 is 15.4 Å². The normalized spacial score (nSPS) is 10.4. The lowest BCUT2D eigenvalue weighted by molar-refractivity contribution is 0.0954. The number of carbonyl (C=O) groups excluding carboxylic acids is 1. The first-order chi connectivity index (χ1) is 13.6. The fraction of sp³-hybridized carbons (Fsp3) is 0.143. The number of hydrogen-bond donors (Lipinski definition) is 2. The van der Waals surface area contributed by atoms with Crippen LogP contribution in [-0.2, 0) is 6.42 Å². The quantitative estimate of drug-likeness (QED) is 0.645. The summed E-state index contributed by atoms with van der Waals surface area (Å²) in [6.45, 7) is 0.451. The summed E-state index contributed by atoms with van der Waals surface area (Å²) in [5.74, 6) is -0.722. The molecule has 2 aromatic carbocycles. The molecule has 0 atom stereocenters. The van der Waals surface area contributed by atoms with Gasteiger partial charge in [0.25, 0.3) is 5.91 Å². The number of aromatic nitrogens is 1. The van der Waals surface area contributed by atoms with E-state index in [1.54, 1.807) is 7.11 Å². The Hall–Kier alpha value is -3.48. The van der Waals surface area contributed by atoms with Gasteiger partial charge in [0.05, 0.1) is 12.7 Å². The molecule has 144 valence electrons. The molecule has 1 aromatic heterocycles. The highest BCUT2D eigenvalue weighted by atomic mass is 19.1. The van der Waals surface area contributed by atoms with E-state index in [2.05, 4.69) is 15.6 Å². The van der Waals surface area contributed by atoms with E-state index in [-0.39, 0.29) is 17.4 Å². The molecule has 1 heterocycles. The Morgan fingerprint density at radius 3 is 2.50 bits per heavy atom. The van der Waals surface area contributed by atoms with Gasteiger partial charge in [0, 0.05) is 12.7 Å². The van der Waals surface area contributed by atoms with E-state index >= 15 is 0 Å². The van der Waals surface area contributed by atoms with Gasteiger partial charge in [0.1, 0.15) is 28.9 Å². The van der Waals surface area contributed by atoms with Crippen LogP contribution in [0.3, 0.4) is 0 Å². The summed E-state index contributed by atoms with van der Waals surface area (Å²) in [5, 5.41) is 5.39. The number of carbonyl (C=O) groups is 1. The lowest BCUT2D eigenvalue weighted by Crippen LogP contribution is -2.25. The van der Waals surface area contributed by atoms with E-state index in [1.807, 2.05) is 24.3 Å². The van der Waals surface area contributed by atoms with Crippen LogP contribution in [0.5, 0.6) is 5.75 Å². The van der Waals surface area contributed by atoms with Crippen LogP contribution in [0.2, 0.25) is 0 Å². The lowest BCUT2D eigenvalue weighted by atomic mass is 10.1. The van der Waals surface area contributed by atoms with Crippen LogP contribution in [0.25, 0.3) is 0 Å². The second-order valence-electron chi connectivity index (χ2n) is 6.01. The zero-order chi connectivity index (χ0) is 19.9. The highest BCUT2D eigenvalue weighted by Crippen LogP contribution is 2.22. The Morgan fingerprint density at radius 2 is 1.82 bits per heavy atom. The summed E-state index contributed by atoms with van der Waals surface area (Å²) in [6, 6.07) is 14.2. The molecule has 1 amide bonds. The topological polar surface area (TPSA) is 63.2 Å². The summed E-state index contributed by atoms with van der Waals surface area (Å²) in [4.78, 5) is 16.3. The molecule has 0 bridgehead atoms. The highest BCUT2D eigenvalue weighted by molar-refractivity contribution is 5.94. The van der Waals surface area contributed by atoms with Gasteiger partial charge in [-0.05, 0) is 48.4 Å². The number of halogens is 2. The molecular formula is C21H19F2N3O2. The SMILES string of the molecule is COc1cccc(CCNC(=O)c2ccc(Nc3c(F)cccc3F)nc2)c1. The summed E-state index contributed by atoms with van der Waals surface area (Å²) in [7, 11) is 1.60. The number of methoxy groups -OCH3 is 1. The third-order valence-corrected chi connectivity index (χ3v) is 4.07. The van der Waals surface area contributed by atoms with Crippen molar-refractivity contribution in [3.63, 3.8) is 0 Å². The van der Waals surface area contributed by atoms with Crippen molar-refractivity contribution in [2.75, 3.05) is 19.0 Å². The number of anilines is 2. The molecule has 2 N–H and O–H groups in total. The Bertz CT molecular complexity index is 942. The Morgan fingerprint density at radius 1 is 1.07 bits per heavy atom. The van der Waals surface area contributed by atoms with E-state index in [9.17, 15) is 13.6 Å². The van der Waals surface area contributed by atoms with Crippen LogP contribution in [0, 0.1) is 11.6 Å². The maximum atomic E-state index is 13.7. The summed E-state index contributed by atoms with van der Waals surface area (Å²) in [5.41, 5.74) is 1.11. The van der Waals surface area contributed by atoms with Crippen LogP contribution >= 0.6 is 0 Å². The number of amides is 1. The van der Waals surface area contributed by atoms with Gasteiger partial charge in [-0.25, -0.2) is 13.8 Å². The molecule has 0 aliphatic carbocycles. The number of pyridine rings is 1. The van der Waals surface area contributed by atoms with Crippen molar-refractivity contribution in [2.24, 2.45) is 0 Å². The highest BCUT2D eigenvalue weighted by Gasteiger charge is 2.10. The number of hydrogen-bond acceptors (Lipinski definition) is 4. The predicted octanol–water partition coefficient (Wildman–Crippen LogP) is 4.08. The van der Waals surface area contributed by atoms with E-state index in [4.69, 9.17) is 4.74 Å². The number of nitrogens with one attached hydrogen (secondary N) is 2. The minimum atomic E-state index is -0.721. The molecule has 28 heavy (non-hydrogen) atoms. The minimum Gasteiger partial charge on any atom is -0.497 e. The van der Waals surface area contributed by atoms with Crippen LogP contribution in [-0.4, -0.2) is 24.5 Å². The summed E-state index contributed by atoms with van der Waals surface area (Å²) in [6.07, 6.45) is 2.00. The van der Waals surface area contributed by atoms with Crippen molar-refractivity contribution < 1.29 is 18.3 Å². The van der Waals surface area contributed by atoms with E-state index in [1.165, 1.54) is 24.4 Å². The van der Waals surface area contributed by atoms with Crippen molar-refractivity contribution >= 4 is 17.4 Å². The lowest BCUT2D eigenvalue weighted by Gasteiger charge is -2.09. The van der Waals surface area contributed by atoms with E-state index in [0.29, 0.717) is 18.5 Å². The second-order valence-corrected chi connectivity index (χ2v) is 6.01. The van der Waals surface area contributed by atoms with Gasteiger partial charge >= 0.3 is 0 Å². The second kappa shape index (κ2) is 8.94. The first-order valence-electron chi connectivity index (χ1n) is 8.65. The molecule has 0 fully saturated rings. The van der Waals surface area contributed by atoms with Crippen LogP contribution in [0.15, 0.2) is 60.8 Å². The Labute approximate surface area is 161 Å². The molecule has 0 saturated carbocycles. The van der Waals surface area contributed by atoms with Gasteiger partial charge in [0.15, 0.2) is 0 Å². The minimum absolute atomic E-state index is 0.233. The van der Waals surface area contributed by atoms with Crippen molar-refractivity contribution in [1.82, 2.24) is 10.3 Å². The number of benzene rings is 2. The smallest absolute Gasteiger partial charge is 0.252 e. The molecule has 0 spiro atoms. The zero-order valence-electron chi connectivity index (χ0n) is 15.2. The fourth-order valence-electron chi connectivity index (χ4n) is 2.60. The Kier molecular flexibility index (Phi) is 6.16. The maximum absolute atomic E-state index is 13.7. The van der Waals surface area contributed by atoms with Crippen molar-refractivity contribution in [3.05, 3.63) is 83.6 Å². The molecule has 3 rings (SSSR count). The van der Waals surface area contributed by atoms with E-state index < -0.39 is 11.6 Å². The number of rotatable bonds is 7. The Balaban J connectivity index is 1.56. The van der Waals surface area contributed by atoms with Gasteiger partial charge in [-0.1, -0.05) is 18.2 Å². The van der Waals surface area contributed by atoms with Crippen molar-refractivity contribution in [2.45, 2.75) is 6.42 Å². The number of ether oxygens (including phenoxy) is 1. The van der Waals surface area contributed by atoms with Gasteiger partial charge in [-0.15, -0.1) is 0 Å². The van der Waals surface area contributed by atoms with Gasteiger partial charge in [-0.2, -0.15) is 0 Å².